The van der Waals surface area contributed by atoms with Gasteiger partial charge in [0.25, 0.3) is 0 Å². The molecule has 86 valence electrons. The Kier molecular flexibility index (Phi) is 4.36. The van der Waals surface area contributed by atoms with Crippen molar-refractivity contribution in [2.75, 3.05) is 26.2 Å². The topological polar surface area (TPSA) is 84.7 Å². The maximum atomic E-state index is 11.5. The molecule has 1 rings (SSSR count). The summed E-state index contributed by atoms with van der Waals surface area (Å²) in [6, 6.07) is -0.200. The standard InChI is InChI=1S/C9H17N3O3/c1-2-15-8(13)5-11-9(14)12-4-3-7(10)6-12/h7H,2-6,10H2,1H3,(H,11,14). The fraction of sp³-hybridized carbons (Fsp3) is 0.778. The number of urea groups is 1. The number of ether oxygens (including phenoxy) is 1. The number of likely N-dealkylation sites (tertiary alicyclic amines) is 1. The van der Waals surface area contributed by atoms with E-state index in [1.54, 1.807) is 11.8 Å². The van der Waals surface area contributed by atoms with Gasteiger partial charge in [-0.2, -0.15) is 0 Å². The third-order valence-corrected chi connectivity index (χ3v) is 2.20. The number of amides is 2. The zero-order valence-electron chi connectivity index (χ0n) is 8.86. The summed E-state index contributed by atoms with van der Waals surface area (Å²) in [5, 5.41) is 2.49. The summed E-state index contributed by atoms with van der Waals surface area (Å²) in [5.41, 5.74) is 5.65. The molecule has 2 amide bonds. The molecular weight excluding hydrogens is 198 g/mol. The summed E-state index contributed by atoms with van der Waals surface area (Å²) in [7, 11) is 0. The molecule has 0 aromatic carbocycles. The number of nitrogens with zero attached hydrogens (tertiary/aromatic N) is 1. The second kappa shape index (κ2) is 5.55. The lowest BCUT2D eigenvalue weighted by Crippen LogP contribution is -2.42. The van der Waals surface area contributed by atoms with E-state index < -0.39 is 5.97 Å². The van der Waals surface area contributed by atoms with Crippen LogP contribution in [-0.2, 0) is 9.53 Å². The highest BCUT2D eigenvalue weighted by Crippen LogP contribution is 2.06. The van der Waals surface area contributed by atoms with Gasteiger partial charge < -0.3 is 20.7 Å². The minimum Gasteiger partial charge on any atom is -0.465 e. The molecule has 1 aliphatic rings. The Morgan fingerprint density at radius 2 is 2.33 bits per heavy atom. The number of nitrogens with two attached hydrogens (primary N) is 1. The Bertz CT molecular complexity index is 245. The predicted octanol–water partition coefficient (Wildman–Crippen LogP) is -0.708. The summed E-state index contributed by atoms with van der Waals surface area (Å²) in [6.45, 7) is 3.16. The molecule has 6 nitrogen and oxygen atoms in total. The van der Waals surface area contributed by atoms with Crippen LogP contribution in [0.5, 0.6) is 0 Å². The van der Waals surface area contributed by atoms with E-state index in [0.29, 0.717) is 19.7 Å². The van der Waals surface area contributed by atoms with E-state index in [1.807, 2.05) is 0 Å². The monoisotopic (exact) mass is 215 g/mol. The molecule has 0 spiro atoms. The van der Waals surface area contributed by atoms with E-state index in [1.165, 1.54) is 0 Å². The number of esters is 1. The van der Waals surface area contributed by atoms with Crippen molar-refractivity contribution in [3.05, 3.63) is 0 Å². The van der Waals surface area contributed by atoms with Gasteiger partial charge in [-0.1, -0.05) is 0 Å². The molecule has 6 heteroatoms. The molecule has 1 saturated heterocycles. The number of carbonyl (C=O) groups is 2. The second-order valence-corrected chi connectivity index (χ2v) is 3.46. The Hall–Kier alpha value is -1.30. The molecule has 0 radical (unpaired) electrons. The summed E-state index contributed by atoms with van der Waals surface area (Å²) in [4.78, 5) is 24.0. The lowest BCUT2D eigenvalue weighted by molar-refractivity contribution is -0.141. The van der Waals surface area contributed by atoms with E-state index in [2.05, 4.69) is 10.1 Å². The first-order valence-corrected chi connectivity index (χ1v) is 5.07. The Labute approximate surface area is 88.7 Å². The van der Waals surface area contributed by atoms with Crippen molar-refractivity contribution >= 4 is 12.0 Å². The number of rotatable bonds is 3. The molecule has 1 unspecified atom stereocenters. The average molecular weight is 215 g/mol. The largest absolute Gasteiger partial charge is 0.465 e. The first kappa shape index (κ1) is 11.8. The Morgan fingerprint density at radius 1 is 1.60 bits per heavy atom. The number of nitrogens with one attached hydrogen (secondary N) is 1. The van der Waals surface area contributed by atoms with E-state index in [4.69, 9.17) is 5.73 Å². The van der Waals surface area contributed by atoms with Crippen molar-refractivity contribution in [1.29, 1.82) is 0 Å². The van der Waals surface area contributed by atoms with Crippen LogP contribution in [0.4, 0.5) is 4.79 Å². The van der Waals surface area contributed by atoms with E-state index >= 15 is 0 Å². The van der Waals surface area contributed by atoms with Crippen LogP contribution in [0, 0.1) is 0 Å². The maximum absolute atomic E-state index is 11.5. The minimum atomic E-state index is -0.422. The zero-order chi connectivity index (χ0) is 11.3. The van der Waals surface area contributed by atoms with Crippen LogP contribution in [0.15, 0.2) is 0 Å². The van der Waals surface area contributed by atoms with Gasteiger partial charge in [0.1, 0.15) is 6.54 Å². The van der Waals surface area contributed by atoms with Gasteiger partial charge in [0.2, 0.25) is 0 Å². The van der Waals surface area contributed by atoms with Gasteiger partial charge in [0.15, 0.2) is 0 Å². The van der Waals surface area contributed by atoms with Crippen LogP contribution in [0.3, 0.4) is 0 Å². The molecule has 0 aromatic rings. The molecule has 3 N–H and O–H groups in total. The number of hydrogen-bond acceptors (Lipinski definition) is 4. The van der Waals surface area contributed by atoms with Gasteiger partial charge in [0.05, 0.1) is 6.61 Å². The Morgan fingerprint density at radius 3 is 2.87 bits per heavy atom. The van der Waals surface area contributed by atoms with Crippen LogP contribution in [0.1, 0.15) is 13.3 Å². The molecule has 1 fully saturated rings. The summed E-state index contributed by atoms with van der Waals surface area (Å²) in [6.07, 6.45) is 0.812. The lowest BCUT2D eigenvalue weighted by atomic mass is 10.3. The fourth-order valence-corrected chi connectivity index (χ4v) is 1.44. The van der Waals surface area contributed by atoms with Crippen molar-refractivity contribution in [2.24, 2.45) is 5.73 Å². The second-order valence-electron chi connectivity index (χ2n) is 3.46. The third-order valence-electron chi connectivity index (χ3n) is 2.20. The van der Waals surface area contributed by atoms with Gasteiger partial charge in [-0.15, -0.1) is 0 Å². The van der Waals surface area contributed by atoms with E-state index in [-0.39, 0.29) is 18.6 Å². The van der Waals surface area contributed by atoms with Gasteiger partial charge in [-0.25, -0.2) is 4.79 Å². The van der Waals surface area contributed by atoms with Crippen LogP contribution in [-0.4, -0.2) is 49.2 Å². The fourth-order valence-electron chi connectivity index (χ4n) is 1.44. The average Bonchev–Trinajstić information content (AvgIpc) is 2.62. The SMILES string of the molecule is CCOC(=O)CNC(=O)N1CCC(N)C1. The lowest BCUT2D eigenvalue weighted by Gasteiger charge is -2.16. The highest BCUT2D eigenvalue weighted by Gasteiger charge is 2.23. The minimum absolute atomic E-state index is 0.0540. The molecule has 0 saturated carbocycles. The predicted molar refractivity (Wildman–Crippen MR) is 54.2 cm³/mol. The normalized spacial score (nSPS) is 20.1. The molecule has 0 aromatic heterocycles. The third kappa shape index (κ3) is 3.75. The van der Waals surface area contributed by atoms with Gasteiger partial charge in [0, 0.05) is 19.1 Å². The van der Waals surface area contributed by atoms with Crippen molar-refractivity contribution in [2.45, 2.75) is 19.4 Å². The maximum Gasteiger partial charge on any atom is 0.325 e. The van der Waals surface area contributed by atoms with Crippen LogP contribution in [0.2, 0.25) is 0 Å². The smallest absolute Gasteiger partial charge is 0.325 e. The van der Waals surface area contributed by atoms with E-state index in [9.17, 15) is 9.59 Å². The molecule has 0 aliphatic carbocycles. The van der Waals surface area contributed by atoms with Crippen molar-refractivity contribution in [3.8, 4) is 0 Å². The van der Waals surface area contributed by atoms with Gasteiger partial charge >= 0.3 is 12.0 Å². The first-order valence-electron chi connectivity index (χ1n) is 5.07. The summed E-state index contributed by atoms with van der Waals surface area (Å²) < 4.78 is 4.68. The summed E-state index contributed by atoms with van der Waals surface area (Å²) >= 11 is 0. The molecule has 1 atom stereocenters. The van der Waals surface area contributed by atoms with Crippen LogP contribution < -0.4 is 11.1 Å². The van der Waals surface area contributed by atoms with Crippen LogP contribution in [0.25, 0.3) is 0 Å². The van der Waals surface area contributed by atoms with Gasteiger partial charge in [-0.05, 0) is 13.3 Å². The molecular formula is C9H17N3O3. The summed E-state index contributed by atoms with van der Waals surface area (Å²) in [5.74, 6) is -0.422. The quantitative estimate of drug-likeness (QED) is 0.609. The van der Waals surface area contributed by atoms with Gasteiger partial charge in [-0.3, -0.25) is 4.79 Å². The number of hydrogen-bond donors (Lipinski definition) is 2. The Balaban J connectivity index is 2.21. The molecule has 0 bridgehead atoms. The van der Waals surface area contributed by atoms with E-state index in [0.717, 1.165) is 6.42 Å². The molecule has 1 aliphatic heterocycles. The van der Waals surface area contributed by atoms with Crippen LogP contribution >= 0.6 is 0 Å². The van der Waals surface area contributed by atoms with Crippen molar-refractivity contribution in [3.63, 3.8) is 0 Å². The molecule has 15 heavy (non-hydrogen) atoms. The first-order chi connectivity index (χ1) is 7.13. The van der Waals surface area contributed by atoms with Crippen molar-refractivity contribution < 1.29 is 14.3 Å². The highest BCUT2D eigenvalue weighted by atomic mass is 16.5. The highest BCUT2D eigenvalue weighted by molar-refractivity contribution is 5.81. The zero-order valence-corrected chi connectivity index (χ0v) is 8.86. The van der Waals surface area contributed by atoms with Crippen molar-refractivity contribution in [1.82, 2.24) is 10.2 Å². The number of carbonyl (C=O) groups excluding carboxylic acids is 2. The molecule has 1 heterocycles.